The van der Waals surface area contributed by atoms with Crippen molar-refractivity contribution < 1.29 is 0 Å². The summed E-state index contributed by atoms with van der Waals surface area (Å²) < 4.78 is 0. The van der Waals surface area contributed by atoms with Crippen LogP contribution >= 0.6 is 11.6 Å². The summed E-state index contributed by atoms with van der Waals surface area (Å²) in [6.45, 7) is 12.5. The number of amidine groups is 1. The smallest absolute Gasteiger partial charge is 0.153 e. The van der Waals surface area contributed by atoms with Crippen LogP contribution in [0.3, 0.4) is 0 Å². The fraction of sp³-hybridized carbons (Fsp3) is 0.393. The third-order valence-corrected chi connectivity index (χ3v) is 6.29. The molecule has 0 amide bonds. The average molecular weight is 493 g/mol. The van der Waals surface area contributed by atoms with E-state index in [-0.39, 0.29) is 6.00 Å². The molecule has 0 radical (unpaired) electrons. The van der Waals surface area contributed by atoms with E-state index in [9.17, 15) is 0 Å². The number of hydrogen-bond acceptors (Lipinski definition) is 6. The van der Waals surface area contributed by atoms with Gasteiger partial charge < -0.3 is 15.5 Å². The summed E-state index contributed by atoms with van der Waals surface area (Å²) in [6.07, 6.45) is 4.79. The molecule has 7 heteroatoms. The van der Waals surface area contributed by atoms with Crippen LogP contribution in [0, 0.1) is 0 Å². The van der Waals surface area contributed by atoms with Crippen LogP contribution < -0.4 is 10.6 Å². The van der Waals surface area contributed by atoms with Crippen molar-refractivity contribution in [2.75, 3.05) is 32.7 Å². The van der Waals surface area contributed by atoms with Crippen molar-refractivity contribution in [3.05, 3.63) is 71.8 Å². The van der Waals surface area contributed by atoms with E-state index in [0.717, 1.165) is 74.0 Å². The molecule has 0 spiro atoms. The van der Waals surface area contributed by atoms with E-state index in [0.29, 0.717) is 6.54 Å². The summed E-state index contributed by atoms with van der Waals surface area (Å²) in [5, 5.41) is 8.80. The van der Waals surface area contributed by atoms with Gasteiger partial charge in [-0.25, -0.2) is 9.98 Å². The molecule has 1 heterocycles. The maximum atomic E-state index is 5.98. The lowest BCUT2D eigenvalue weighted by atomic mass is 10.0. The molecule has 3 rings (SSSR count). The van der Waals surface area contributed by atoms with Crippen molar-refractivity contribution in [2.24, 2.45) is 15.0 Å². The molecule has 186 valence electrons. The predicted octanol–water partition coefficient (Wildman–Crippen LogP) is 5.51. The van der Waals surface area contributed by atoms with Crippen LogP contribution in [0.25, 0.3) is 10.8 Å². The summed E-state index contributed by atoms with van der Waals surface area (Å²) in [7, 11) is 1.84. The van der Waals surface area contributed by atoms with Gasteiger partial charge in [0.05, 0.1) is 18.2 Å². The highest BCUT2D eigenvalue weighted by atomic mass is 35.5. The summed E-state index contributed by atoms with van der Waals surface area (Å²) in [4.78, 5) is 16.2. The van der Waals surface area contributed by atoms with E-state index >= 15 is 0 Å². The van der Waals surface area contributed by atoms with Crippen molar-refractivity contribution in [1.82, 2.24) is 15.5 Å². The summed E-state index contributed by atoms with van der Waals surface area (Å²) in [5.41, 5.74) is 3.94. The third kappa shape index (κ3) is 7.18. The number of rotatable bonds is 15. The van der Waals surface area contributed by atoms with Crippen molar-refractivity contribution >= 4 is 40.6 Å². The van der Waals surface area contributed by atoms with Gasteiger partial charge in [0, 0.05) is 32.3 Å². The molecule has 0 bridgehead atoms. The van der Waals surface area contributed by atoms with E-state index < -0.39 is 0 Å². The van der Waals surface area contributed by atoms with Gasteiger partial charge in [-0.3, -0.25) is 4.99 Å². The van der Waals surface area contributed by atoms with Gasteiger partial charge in [0.2, 0.25) is 0 Å². The first-order chi connectivity index (χ1) is 17.1. The normalized spacial score (nSPS) is 13.7. The second-order valence-electron chi connectivity index (χ2n) is 8.57. The highest BCUT2D eigenvalue weighted by Gasteiger charge is 2.17. The summed E-state index contributed by atoms with van der Waals surface area (Å²) in [6, 6.07) is 15.2. The van der Waals surface area contributed by atoms with Gasteiger partial charge in [0.15, 0.2) is 5.82 Å². The molecule has 2 aromatic rings. The highest BCUT2D eigenvalue weighted by Crippen LogP contribution is 2.21. The van der Waals surface area contributed by atoms with Crippen LogP contribution in [0.5, 0.6) is 0 Å². The van der Waals surface area contributed by atoms with E-state index in [1.165, 1.54) is 16.3 Å². The monoisotopic (exact) mass is 492 g/mol. The van der Waals surface area contributed by atoms with Gasteiger partial charge in [-0.05, 0) is 42.3 Å². The Morgan fingerprint density at radius 2 is 1.91 bits per heavy atom. The van der Waals surface area contributed by atoms with Gasteiger partial charge in [-0.1, -0.05) is 62.4 Å². The van der Waals surface area contributed by atoms with Gasteiger partial charge in [-0.15, -0.1) is 11.6 Å². The SMILES string of the molecule is C=N/C(=C(\NCCl)C(=C)NC)N(CCCC)CCCC1=NC(Cc2cccc3ccccc23)=NC1. The van der Waals surface area contributed by atoms with E-state index in [2.05, 4.69) is 83.2 Å². The lowest BCUT2D eigenvalue weighted by molar-refractivity contribution is 0.327. The Hall–Kier alpha value is -3.12. The number of nitrogens with one attached hydrogen (secondary N) is 2. The summed E-state index contributed by atoms with van der Waals surface area (Å²) >= 11 is 5.98. The minimum atomic E-state index is 0.268. The van der Waals surface area contributed by atoms with Gasteiger partial charge in [-0.2, -0.15) is 0 Å². The molecule has 35 heavy (non-hydrogen) atoms. The van der Waals surface area contributed by atoms with E-state index in [1.54, 1.807) is 0 Å². The highest BCUT2D eigenvalue weighted by molar-refractivity contribution is 6.17. The fourth-order valence-electron chi connectivity index (χ4n) is 4.28. The Kier molecular flexibility index (Phi) is 10.4. The third-order valence-electron chi connectivity index (χ3n) is 6.15. The lowest BCUT2D eigenvalue weighted by Crippen LogP contribution is -2.31. The van der Waals surface area contributed by atoms with Gasteiger partial charge >= 0.3 is 0 Å². The standard InChI is InChI=1S/C28H37ClN6/c1-5-6-16-35(28(31-4)27(33-20-29)21(2)30-3)17-10-14-24-19-32-26(34-24)18-23-13-9-12-22-11-7-8-15-25(22)23/h7-9,11-13,15,30,33H,2,4-6,10,14,16-20H2,1,3H3/b28-27+. The van der Waals surface area contributed by atoms with Crippen LogP contribution in [0.2, 0.25) is 0 Å². The Bertz CT molecular complexity index is 1110. The van der Waals surface area contributed by atoms with Crippen LogP contribution in [0.1, 0.15) is 38.2 Å². The Morgan fingerprint density at radius 3 is 2.66 bits per heavy atom. The molecular weight excluding hydrogens is 456 g/mol. The number of nitrogens with zero attached hydrogens (tertiary/aromatic N) is 4. The zero-order valence-corrected chi connectivity index (χ0v) is 21.7. The second-order valence-corrected chi connectivity index (χ2v) is 8.83. The number of fused-ring (bicyclic) bond motifs is 1. The molecule has 2 aromatic carbocycles. The molecule has 0 saturated heterocycles. The van der Waals surface area contributed by atoms with Crippen LogP contribution in [-0.4, -0.2) is 55.9 Å². The zero-order valence-electron chi connectivity index (χ0n) is 21.0. The van der Waals surface area contributed by atoms with Crippen LogP contribution in [-0.2, 0) is 6.42 Å². The van der Waals surface area contributed by atoms with Gasteiger partial charge in [0.1, 0.15) is 11.5 Å². The zero-order chi connectivity index (χ0) is 25.0. The molecule has 0 aliphatic carbocycles. The molecule has 0 aromatic heterocycles. The first-order valence-electron chi connectivity index (χ1n) is 12.3. The van der Waals surface area contributed by atoms with Crippen molar-refractivity contribution in [2.45, 2.75) is 39.0 Å². The Morgan fingerprint density at radius 1 is 1.14 bits per heavy atom. The van der Waals surface area contributed by atoms with Crippen molar-refractivity contribution in [1.29, 1.82) is 0 Å². The van der Waals surface area contributed by atoms with E-state index in [1.807, 2.05) is 7.05 Å². The number of unbranched alkanes of at least 4 members (excludes halogenated alkanes) is 1. The maximum Gasteiger partial charge on any atom is 0.153 e. The number of halogens is 1. The number of likely N-dealkylation sites (N-methyl/N-ethyl adjacent to an activating group) is 1. The lowest BCUT2D eigenvalue weighted by Gasteiger charge is -2.28. The molecule has 6 nitrogen and oxygen atoms in total. The Balaban J connectivity index is 1.65. The van der Waals surface area contributed by atoms with Gasteiger partial charge in [0.25, 0.3) is 0 Å². The largest absolute Gasteiger partial charge is 0.387 e. The number of hydrogen-bond donors (Lipinski definition) is 2. The molecule has 0 saturated carbocycles. The summed E-state index contributed by atoms with van der Waals surface area (Å²) in [5.74, 6) is 1.70. The number of benzene rings is 2. The quantitative estimate of drug-likeness (QED) is 0.149. The van der Waals surface area contributed by atoms with Crippen LogP contribution in [0.4, 0.5) is 0 Å². The van der Waals surface area contributed by atoms with Crippen molar-refractivity contribution in [3.63, 3.8) is 0 Å². The topological polar surface area (TPSA) is 64.4 Å². The minimum absolute atomic E-state index is 0.268. The molecule has 2 N–H and O–H groups in total. The van der Waals surface area contributed by atoms with Crippen molar-refractivity contribution in [3.8, 4) is 0 Å². The maximum absolute atomic E-state index is 5.98. The molecule has 1 aliphatic rings. The molecule has 1 aliphatic heterocycles. The second kappa shape index (κ2) is 13.7. The molecule has 0 fully saturated rings. The fourth-order valence-corrected chi connectivity index (χ4v) is 4.41. The first-order valence-corrected chi connectivity index (χ1v) is 12.8. The number of aliphatic imine (C=N–C) groups is 3. The molecular formula is C28H37ClN6. The first kappa shape index (κ1) is 26.5. The van der Waals surface area contributed by atoms with E-state index in [4.69, 9.17) is 21.6 Å². The molecule has 0 unspecified atom stereocenters. The Labute approximate surface area is 214 Å². The predicted molar refractivity (Wildman–Crippen MR) is 152 cm³/mol. The molecule has 0 atom stereocenters. The number of alkyl halides is 1. The minimum Gasteiger partial charge on any atom is -0.387 e. The van der Waals surface area contributed by atoms with Crippen LogP contribution in [0.15, 0.2) is 81.2 Å². The average Bonchev–Trinajstić information content (AvgIpc) is 3.33.